The molecule has 230 valence electrons. The summed E-state index contributed by atoms with van der Waals surface area (Å²) in [5.41, 5.74) is 0. The third-order valence-electron chi connectivity index (χ3n) is 7.26. The van der Waals surface area contributed by atoms with E-state index in [-0.39, 0.29) is 43.9 Å². The van der Waals surface area contributed by atoms with E-state index in [2.05, 4.69) is 31.0 Å². The molecular weight excluding hydrogens is 496 g/mol. The summed E-state index contributed by atoms with van der Waals surface area (Å²) >= 11 is 0. The Balaban J connectivity index is 2.24. The molecule has 0 aromatic carbocycles. The van der Waals surface area contributed by atoms with Gasteiger partial charge in [0.25, 0.3) is 0 Å². The fourth-order valence-electron chi connectivity index (χ4n) is 4.66. The highest BCUT2D eigenvalue weighted by atomic mass is 16.7. The van der Waals surface area contributed by atoms with E-state index >= 15 is 0 Å². The molecule has 0 spiro atoms. The number of ether oxygens (including phenoxy) is 4. The van der Waals surface area contributed by atoms with Crippen molar-refractivity contribution in [1.29, 1.82) is 0 Å². The molecule has 1 aliphatic heterocycles. The van der Waals surface area contributed by atoms with Crippen LogP contribution in [0.3, 0.4) is 0 Å². The highest BCUT2D eigenvalue weighted by Gasteiger charge is 2.23. The number of likely N-dealkylation sites (tertiary alicyclic amines) is 1. The van der Waals surface area contributed by atoms with Gasteiger partial charge in [-0.1, -0.05) is 91.9 Å². The standard InChI is InChI=1S/C31H60N2O6/c1-5-8-10-12-14-16-22-36-30(37-23-17-15-13-11-9-6-2)19-18-29(34)38-25-27(4)26-39-31(35)32-28-20-21-33(7-3)24-28/h27-28,30H,5-26H2,1-4H3,(H,32,35). The molecule has 0 radical (unpaired) electrons. The number of likely N-dealkylation sites (N-methyl/N-ethyl adjacent to an activating group) is 1. The molecule has 0 aromatic heterocycles. The molecule has 39 heavy (non-hydrogen) atoms. The molecule has 1 heterocycles. The van der Waals surface area contributed by atoms with Crippen LogP contribution >= 0.6 is 0 Å². The summed E-state index contributed by atoms with van der Waals surface area (Å²) in [7, 11) is 0. The fraction of sp³-hybridized carbons (Fsp3) is 0.935. The lowest BCUT2D eigenvalue weighted by Crippen LogP contribution is -2.38. The predicted octanol–water partition coefficient (Wildman–Crippen LogP) is 6.85. The second-order valence-corrected chi connectivity index (χ2v) is 11.2. The molecule has 2 unspecified atom stereocenters. The van der Waals surface area contributed by atoms with Gasteiger partial charge in [0.1, 0.15) is 0 Å². The highest BCUT2D eigenvalue weighted by molar-refractivity contribution is 5.69. The maximum Gasteiger partial charge on any atom is 0.407 e. The van der Waals surface area contributed by atoms with Crippen molar-refractivity contribution in [1.82, 2.24) is 10.2 Å². The van der Waals surface area contributed by atoms with Crippen LogP contribution in [0.1, 0.15) is 124 Å². The van der Waals surface area contributed by atoms with Crippen LogP contribution in [-0.4, -0.2) is 75.4 Å². The average Bonchev–Trinajstić information content (AvgIpc) is 3.39. The summed E-state index contributed by atoms with van der Waals surface area (Å²) < 4.78 is 22.8. The van der Waals surface area contributed by atoms with E-state index in [1.807, 2.05) is 6.92 Å². The first-order valence-electron chi connectivity index (χ1n) is 16.0. The smallest absolute Gasteiger partial charge is 0.407 e. The number of esters is 1. The third-order valence-corrected chi connectivity index (χ3v) is 7.26. The topological polar surface area (TPSA) is 86.3 Å². The van der Waals surface area contributed by atoms with Crippen molar-refractivity contribution in [2.24, 2.45) is 5.92 Å². The number of alkyl carbamates (subject to hydrolysis) is 1. The minimum atomic E-state index is -0.399. The average molecular weight is 557 g/mol. The molecule has 1 rings (SSSR count). The quantitative estimate of drug-likeness (QED) is 0.0748. The maximum absolute atomic E-state index is 12.4. The normalized spacial score (nSPS) is 16.5. The molecule has 1 amide bonds. The zero-order chi connectivity index (χ0) is 28.6. The first-order valence-corrected chi connectivity index (χ1v) is 16.0. The molecule has 0 aromatic rings. The Hall–Kier alpha value is -1.38. The van der Waals surface area contributed by atoms with Crippen LogP contribution < -0.4 is 5.32 Å². The molecule has 0 aliphatic carbocycles. The molecule has 8 heteroatoms. The van der Waals surface area contributed by atoms with Crippen LogP contribution in [0.4, 0.5) is 4.79 Å². The van der Waals surface area contributed by atoms with E-state index in [1.54, 1.807) is 0 Å². The van der Waals surface area contributed by atoms with Gasteiger partial charge in [-0.25, -0.2) is 4.79 Å². The Labute approximate surface area is 239 Å². The maximum atomic E-state index is 12.4. The van der Waals surface area contributed by atoms with Crippen molar-refractivity contribution in [2.45, 2.75) is 136 Å². The second kappa shape index (κ2) is 24.4. The molecule has 1 fully saturated rings. The molecule has 0 saturated carbocycles. The molecule has 8 nitrogen and oxygen atoms in total. The van der Waals surface area contributed by atoms with E-state index in [0.717, 1.165) is 38.9 Å². The molecule has 1 N–H and O–H groups in total. The van der Waals surface area contributed by atoms with Gasteiger partial charge in [0, 0.05) is 44.7 Å². The van der Waals surface area contributed by atoms with Crippen LogP contribution in [0.15, 0.2) is 0 Å². The molecular formula is C31H60N2O6. The van der Waals surface area contributed by atoms with Crippen molar-refractivity contribution in [2.75, 3.05) is 46.1 Å². The van der Waals surface area contributed by atoms with Crippen molar-refractivity contribution in [3.05, 3.63) is 0 Å². The zero-order valence-corrected chi connectivity index (χ0v) is 25.7. The second-order valence-electron chi connectivity index (χ2n) is 11.2. The van der Waals surface area contributed by atoms with Crippen LogP contribution in [-0.2, 0) is 23.7 Å². The van der Waals surface area contributed by atoms with E-state index in [1.165, 1.54) is 64.2 Å². The Morgan fingerprint density at radius 1 is 0.821 bits per heavy atom. The van der Waals surface area contributed by atoms with Crippen LogP contribution in [0, 0.1) is 5.92 Å². The SMILES string of the molecule is CCCCCCCCOC(CCC(=O)OCC(C)COC(=O)NC1CCN(CC)C1)OCCCCCCCC. The summed E-state index contributed by atoms with van der Waals surface area (Å²) in [6.45, 7) is 13.1. The third kappa shape index (κ3) is 20.2. The van der Waals surface area contributed by atoms with Gasteiger partial charge >= 0.3 is 12.1 Å². The molecule has 1 aliphatic rings. The van der Waals surface area contributed by atoms with E-state index in [9.17, 15) is 9.59 Å². The number of carbonyl (C=O) groups is 2. The number of rotatable bonds is 25. The van der Waals surface area contributed by atoms with Crippen molar-refractivity contribution in [3.8, 4) is 0 Å². The number of amides is 1. The van der Waals surface area contributed by atoms with Gasteiger partial charge in [-0.2, -0.15) is 0 Å². The number of nitrogens with one attached hydrogen (secondary N) is 1. The Morgan fingerprint density at radius 2 is 1.38 bits per heavy atom. The monoisotopic (exact) mass is 556 g/mol. The van der Waals surface area contributed by atoms with Gasteiger partial charge in [0.05, 0.1) is 19.6 Å². The number of unbranched alkanes of at least 4 members (excludes halogenated alkanes) is 10. The van der Waals surface area contributed by atoms with Gasteiger partial charge in [-0.3, -0.25) is 4.79 Å². The number of carbonyl (C=O) groups excluding carboxylic acids is 2. The van der Waals surface area contributed by atoms with Gasteiger partial charge in [0.15, 0.2) is 6.29 Å². The summed E-state index contributed by atoms with van der Waals surface area (Å²) in [6, 6.07) is 0.144. The first-order chi connectivity index (χ1) is 19.0. The van der Waals surface area contributed by atoms with E-state index in [0.29, 0.717) is 19.6 Å². The van der Waals surface area contributed by atoms with Gasteiger partial charge in [-0.15, -0.1) is 0 Å². The Morgan fingerprint density at radius 3 is 1.95 bits per heavy atom. The lowest BCUT2D eigenvalue weighted by molar-refractivity contribution is -0.160. The summed E-state index contributed by atoms with van der Waals surface area (Å²) in [5, 5.41) is 2.92. The fourth-order valence-corrected chi connectivity index (χ4v) is 4.66. The number of nitrogens with zero attached hydrogens (tertiary/aromatic N) is 1. The lowest BCUT2D eigenvalue weighted by atomic mass is 10.1. The summed E-state index contributed by atoms with van der Waals surface area (Å²) in [4.78, 5) is 26.8. The highest BCUT2D eigenvalue weighted by Crippen LogP contribution is 2.13. The minimum Gasteiger partial charge on any atom is -0.465 e. The molecule has 2 atom stereocenters. The first kappa shape index (κ1) is 35.6. The van der Waals surface area contributed by atoms with Crippen molar-refractivity contribution >= 4 is 12.1 Å². The van der Waals surface area contributed by atoms with E-state index < -0.39 is 6.09 Å². The lowest BCUT2D eigenvalue weighted by Gasteiger charge is -2.19. The summed E-state index contributed by atoms with van der Waals surface area (Å²) in [5.74, 6) is -0.340. The van der Waals surface area contributed by atoms with Gasteiger partial charge < -0.3 is 29.2 Å². The van der Waals surface area contributed by atoms with Gasteiger partial charge in [-0.05, 0) is 25.8 Å². The van der Waals surface area contributed by atoms with Crippen LogP contribution in [0.25, 0.3) is 0 Å². The Kier molecular flexibility index (Phi) is 22.3. The van der Waals surface area contributed by atoms with Crippen LogP contribution in [0.2, 0.25) is 0 Å². The number of hydrogen-bond donors (Lipinski definition) is 1. The zero-order valence-electron chi connectivity index (χ0n) is 25.7. The number of hydrogen-bond acceptors (Lipinski definition) is 7. The predicted molar refractivity (Wildman–Crippen MR) is 157 cm³/mol. The largest absolute Gasteiger partial charge is 0.465 e. The van der Waals surface area contributed by atoms with E-state index in [4.69, 9.17) is 18.9 Å². The van der Waals surface area contributed by atoms with Crippen LogP contribution in [0.5, 0.6) is 0 Å². The van der Waals surface area contributed by atoms with Crippen molar-refractivity contribution < 1.29 is 28.5 Å². The molecule has 0 bridgehead atoms. The summed E-state index contributed by atoms with van der Waals surface area (Å²) in [6.07, 6.45) is 15.5. The minimum absolute atomic E-state index is 0.0702. The molecule has 1 saturated heterocycles. The van der Waals surface area contributed by atoms with Gasteiger partial charge in [0.2, 0.25) is 0 Å². The van der Waals surface area contributed by atoms with Crippen molar-refractivity contribution in [3.63, 3.8) is 0 Å². The Bertz CT molecular complexity index is 588.